The van der Waals surface area contributed by atoms with E-state index in [2.05, 4.69) is 60.3 Å². The predicted molar refractivity (Wildman–Crippen MR) is 135 cm³/mol. The topological polar surface area (TPSA) is 88.9 Å². The third kappa shape index (κ3) is 4.62. The van der Waals surface area contributed by atoms with Gasteiger partial charge in [-0.1, -0.05) is 25.7 Å². The number of oxazole rings is 1. The van der Waals surface area contributed by atoms with Gasteiger partial charge in [0.1, 0.15) is 12.4 Å². The van der Waals surface area contributed by atoms with Crippen LogP contribution in [0.25, 0.3) is 22.4 Å². The third-order valence-electron chi connectivity index (χ3n) is 6.32. The van der Waals surface area contributed by atoms with Gasteiger partial charge in [0.25, 0.3) is 0 Å². The quantitative estimate of drug-likeness (QED) is 0.251. The molecular weight excluding hydrogens is 442 g/mol. The summed E-state index contributed by atoms with van der Waals surface area (Å²) in [5.74, 6) is 0.637. The molecule has 4 aromatic rings. The lowest BCUT2D eigenvalue weighted by Gasteiger charge is -2.16. The number of ether oxygens (including phenoxy) is 1. The Morgan fingerprint density at radius 2 is 2.12 bits per heavy atom. The minimum Gasteiger partial charge on any atom is -0.442 e. The molecule has 1 N–H and O–H groups in total. The first-order valence-electron chi connectivity index (χ1n) is 11.7. The second kappa shape index (κ2) is 9.09. The molecule has 2 aromatic carbocycles. The average molecular weight is 472 g/mol. The smallest absolute Gasteiger partial charge is 0.181 e. The van der Waals surface area contributed by atoms with Gasteiger partial charge in [0.15, 0.2) is 12.2 Å². The highest BCUT2D eigenvalue weighted by Gasteiger charge is 2.23. The van der Waals surface area contributed by atoms with Gasteiger partial charge in [0.05, 0.1) is 29.4 Å². The molecule has 2 heterocycles. The first kappa shape index (κ1) is 22.4. The lowest BCUT2D eigenvalue weighted by Crippen LogP contribution is -2.22. The molecule has 2 aromatic heterocycles. The van der Waals surface area contributed by atoms with Crippen molar-refractivity contribution < 1.29 is 9.15 Å². The second-order valence-corrected chi connectivity index (χ2v) is 15.7. The summed E-state index contributed by atoms with van der Waals surface area (Å²) in [6.45, 7) is 8.19. The fraction of sp³-hybridized carbons (Fsp3) is 0.346. The number of hydrogen-bond acceptors (Lipinski definition) is 6. The van der Waals surface area contributed by atoms with Gasteiger partial charge < -0.3 is 14.5 Å². The largest absolute Gasteiger partial charge is 0.442 e. The lowest BCUT2D eigenvalue weighted by molar-refractivity contribution is 0.0818. The maximum Gasteiger partial charge on any atom is 0.181 e. The number of benzene rings is 2. The van der Waals surface area contributed by atoms with Crippen molar-refractivity contribution in [1.82, 2.24) is 14.8 Å². The van der Waals surface area contributed by atoms with Crippen molar-refractivity contribution in [3.8, 4) is 17.5 Å². The highest BCUT2D eigenvalue weighted by molar-refractivity contribution is 6.76. The van der Waals surface area contributed by atoms with Crippen LogP contribution in [0.1, 0.15) is 29.2 Å². The monoisotopic (exact) mass is 471 g/mol. The van der Waals surface area contributed by atoms with Crippen LogP contribution in [0.4, 0.5) is 5.69 Å². The summed E-state index contributed by atoms with van der Waals surface area (Å²) in [7, 11) is -1.15. The van der Waals surface area contributed by atoms with Gasteiger partial charge >= 0.3 is 0 Å². The third-order valence-corrected chi connectivity index (χ3v) is 8.02. The summed E-state index contributed by atoms with van der Waals surface area (Å²) >= 11 is 0. The second-order valence-electron chi connectivity index (χ2n) is 10.1. The minimum absolute atomic E-state index is 0.217. The number of fused-ring (bicyclic) bond motifs is 2. The summed E-state index contributed by atoms with van der Waals surface area (Å²) in [5, 5.41) is 18.7. The van der Waals surface area contributed by atoms with Crippen LogP contribution in [-0.4, -0.2) is 29.4 Å². The van der Waals surface area contributed by atoms with Crippen molar-refractivity contribution in [1.29, 1.82) is 5.26 Å². The number of nitrogens with zero attached hydrogens (tertiary/aromatic N) is 4. The predicted octanol–water partition coefficient (Wildman–Crippen LogP) is 5.97. The molecule has 0 saturated heterocycles. The van der Waals surface area contributed by atoms with E-state index in [0.29, 0.717) is 12.5 Å². The standard InChI is InChI=1S/C26H29N5O2Si/c1-34(2,3)11-10-32-17-31-24-9-6-20(13-22(24)26(30-31)25-15-28-16-33-25)29-23-8-5-19-12-18(14-27)4-7-21(19)23/h4,6-7,9,12-13,15-16,23,29H,5,8,10-11,17H2,1-3H3. The van der Waals surface area contributed by atoms with Gasteiger partial charge in [-0.2, -0.15) is 10.4 Å². The van der Waals surface area contributed by atoms with Gasteiger partial charge in [-0.15, -0.1) is 0 Å². The summed E-state index contributed by atoms with van der Waals surface area (Å²) in [6, 6.07) is 15.9. The Hall–Kier alpha value is -3.41. The van der Waals surface area contributed by atoms with Crippen LogP contribution in [0.3, 0.4) is 0 Å². The van der Waals surface area contributed by atoms with E-state index in [1.54, 1.807) is 6.20 Å². The zero-order valence-electron chi connectivity index (χ0n) is 19.8. The number of aromatic nitrogens is 3. The van der Waals surface area contributed by atoms with Crippen molar-refractivity contribution in [2.75, 3.05) is 11.9 Å². The maximum atomic E-state index is 9.19. The Balaban J connectivity index is 1.41. The molecule has 0 bridgehead atoms. The molecule has 0 spiro atoms. The average Bonchev–Trinajstić information content (AvgIpc) is 3.55. The molecule has 1 aliphatic carbocycles. The molecule has 1 aliphatic rings. The van der Waals surface area contributed by atoms with Crippen molar-refractivity contribution in [2.45, 2.75) is 51.3 Å². The van der Waals surface area contributed by atoms with Crippen molar-refractivity contribution >= 4 is 24.7 Å². The first-order chi connectivity index (χ1) is 16.4. The van der Waals surface area contributed by atoms with Crippen LogP contribution in [0.15, 0.2) is 53.4 Å². The molecule has 1 unspecified atom stereocenters. The van der Waals surface area contributed by atoms with E-state index in [1.165, 1.54) is 17.5 Å². The number of nitrogens with one attached hydrogen (secondary N) is 1. The molecule has 8 heteroatoms. The Labute approximate surface area is 200 Å². The molecule has 0 amide bonds. The van der Waals surface area contributed by atoms with Crippen LogP contribution in [0.5, 0.6) is 0 Å². The molecule has 0 radical (unpaired) electrons. The summed E-state index contributed by atoms with van der Waals surface area (Å²) in [6.07, 6.45) is 5.10. The molecule has 1 atom stereocenters. The Morgan fingerprint density at radius 3 is 2.88 bits per heavy atom. The van der Waals surface area contributed by atoms with Crippen molar-refractivity contribution in [3.05, 3.63) is 65.7 Å². The van der Waals surface area contributed by atoms with E-state index in [9.17, 15) is 5.26 Å². The molecule has 0 aliphatic heterocycles. The van der Waals surface area contributed by atoms with Crippen LogP contribution in [-0.2, 0) is 17.9 Å². The lowest BCUT2D eigenvalue weighted by atomic mass is 10.0. The highest BCUT2D eigenvalue weighted by atomic mass is 28.3. The number of anilines is 1. The Bertz CT molecular complexity index is 1350. The Kier molecular flexibility index (Phi) is 5.98. The SMILES string of the molecule is C[Si](C)(C)CCOCn1nc(-c2cnco2)c2cc(NC3CCc4cc(C#N)ccc43)ccc21. The molecule has 174 valence electrons. The number of aryl methyl sites for hydroxylation is 1. The van der Waals surface area contributed by atoms with E-state index < -0.39 is 8.07 Å². The fourth-order valence-corrected chi connectivity index (χ4v) is 5.21. The van der Waals surface area contributed by atoms with Gasteiger partial charge in [-0.3, -0.25) is 0 Å². The zero-order valence-corrected chi connectivity index (χ0v) is 20.8. The molecular formula is C26H29N5O2Si. The van der Waals surface area contributed by atoms with Gasteiger partial charge in [0.2, 0.25) is 0 Å². The van der Waals surface area contributed by atoms with E-state index in [4.69, 9.17) is 14.3 Å². The first-order valence-corrected chi connectivity index (χ1v) is 15.4. The number of nitriles is 1. The van der Waals surface area contributed by atoms with Crippen LogP contribution < -0.4 is 5.32 Å². The van der Waals surface area contributed by atoms with E-state index >= 15 is 0 Å². The van der Waals surface area contributed by atoms with Crippen LogP contribution >= 0.6 is 0 Å². The van der Waals surface area contributed by atoms with Gasteiger partial charge in [-0.25, -0.2) is 9.67 Å². The van der Waals surface area contributed by atoms with E-state index in [0.717, 1.165) is 53.3 Å². The van der Waals surface area contributed by atoms with Gasteiger partial charge in [0, 0.05) is 25.8 Å². The van der Waals surface area contributed by atoms with E-state index in [1.807, 2.05) is 16.8 Å². The molecule has 0 fully saturated rings. The van der Waals surface area contributed by atoms with Crippen molar-refractivity contribution in [2.24, 2.45) is 0 Å². The molecule has 7 nitrogen and oxygen atoms in total. The molecule has 34 heavy (non-hydrogen) atoms. The van der Waals surface area contributed by atoms with Crippen molar-refractivity contribution in [3.63, 3.8) is 0 Å². The fourth-order valence-electron chi connectivity index (χ4n) is 4.45. The zero-order chi connectivity index (χ0) is 23.7. The maximum absolute atomic E-state index is 9.19. The normalized spacial score (nSPS) is 15.4. The summed E-state index contributed by atoms with van der Waals surface area (Å²) in [4.78, 5) is 4.08. The van der Waals surface area contributed by atoms with Crippen LogP contribution in [0.2, 0.25) is 25.7 Å². The Morgan fingerprint density at radius 1 is 1.24 bits per heavy atom. The number of hydrogen-bond donors (Lipinski definition) is 1. The minimum atomic E-state index is -1.15. The van der Waals surface area contributed by atoms with E-state index in [-0.39, 0.29) is 6.04 Å². The molecule has 0 saturated carbocycles. The highest BCUT2D eigenvalue weighted by Crippen LogP contribution is 2.36. The summed E-state index contributed by atoms with van der Waals surface area (Å²) in [5.41, 5.74) is 6.02. The van der Waals surface area contributed by atoms with Gasteiger partial charge in [-0.05, 0) is 60.3 Å². The summed E-state index contributed by atoms with van der Waals surface area (Å²) < 4.78 is 13.5. The van der Waals surface area contributed by atoms with Crippen LogP contribution in [0, 0.1) is 11.3 Å². The number of rotatable bonds is 8. The molecule has 5 rings (SSSR count).